The van der Waals surface area contributed by atoms with Gasteiger partial charge >= 0.3 is 0 Å². The van der Waals surface area contributed by atoms with Crippen LogP contribution < -0.4 is 10.5 Å². The standard InChI is InChI=1S/C21H28N6O2.ClH/c1-26-20(10-11-23-26)27-21(15-8-9-16(22)18(12-15)29-3)24-19(25-27)13-14-6-4-5-7-17(14)28-2;/h4-7,10-11,15-16,18H,8-9,12-13,22H2,1-3H3;1H/t15-,16+,18+;/m0./s1. The Labute approximate surface area is 182 Å². The molecule has 0 aliphatic heterocycles. The minimum atomic E-state index is 0. The Morgan fingerprint density at radius 2 is 1.97 bits per heavy atom. The first-order valence-corrected chi connectivity index (χ1v) is 9.95. The lowest BCUT2D eigenvalue weighted by Gasteiger charge is -2.32. The minimum Gasteiger partial charge on any atom is -0.496 e. The van der Waals surface area contributed by atoms with Crippen molar-refractivity contribution in [2.75, 3.05) is 14.2 Å². The average Bonchev–Trinajstić information content (AvgIpc) is 3.34. The Morgan fingerprint density at radius 1 is 1.17 bits per heavy atom. The third-order valence-electron chi connectivity index (χ3n) is 5.74. The van der Waals surface area contributed by atoms with E-state index in [9.17, 15) is 0 Å². The summed E-state index contributed by atoms with van der Waals surface area (Å²) in [5.74, 6) is 3.66. The highest BCUT2D eigenvalue weighted by molar-refractivity contribution is 5.85. The van der Waals surface area contributed by atoms with Gasteiger partial charge in [0.15, 0.2) is 11.6 Å². The summed E-state index contributed by atoms with van der Waals surface area (Å²) in [5.41, 5.74) is 7.29. The van der Waals surface area contributed by atoms with E-state index in [1.165, 1.54) is 0 Å². The lowest BCUT2D eigenvalue weighted by Crippen LogP contribution is -2.41. The van der Waals surface area contributed by atoms with Gasteiger partial charge in [0.25, 0.3) is 0 Å². The Balaban J connectivity index is 0.00000256. The summed E-state index contributed by atoms with van der Waals surface area (Å²) in [4.78, 5) is 4.95. The molecule has 8 nitrogen and oxygen atoms in total. The van der Waals surface area contributed by atoms with Gasteiger partial charge in [-0.05, 0) is 25.3 Å². The van der Waals surface area contributed by atoms with Crippen LogP contribution in [-0.2, 0) is 18.2 Å². The third kappa shape index (κ3) is 4.35. The molecule has 2 heterocycles. The first kappa shape index (κ1) is 22.3. The second-order valence-electron chi connectivity index (χ2n) is 7.55. The van der Waals surface area contributed by atoms with Gasteiger partial charge in [-0.3, -0.25) is 4.68 Å². The van der Waals surface area contributed by atoms with E-state index < -0.39 is 0 Å². The molecule has 3 atom stereocenters. The molecule has 162 valence electrons. The van der Waals surface area contributed by atoms with Crippen molar-refractivity contribution in [3.05, 3.63) is 53.7 Å². The van der Waals surface area contributed by atoms with Gasteiger partial charge in [-0.2, -0.15) is 9.78 Å². The van der Waals surface area contributed by atoms with Crippen molar-refractivity contribution in [1.29, 1.82) is 0 Å². The van der Waals surface area contributed by atoms with E-state index in [1.807, 2.05) is 46.7 Å². The zero-order valence-electron chi connectivity index (χ0n) is 17.6. The molecule has 0 saturated heterocycles. The van der Waals surface area contributed by atoms with E-state index in [-0.39, 0.29) is 30.5 Å². The molecule has 1 aliphatic rings. The van der Waals surface area contributed by atoms with E-state index in [1.54, 1.807) is 20.4 Å². The van der Waals surface area contributed by atoms with Crippen LogP contribution >= 0.6 is 12.4 Å². The van der Waals surface area contributed by atoms with Gasteiger partial charge in [0, 0.05) is 44.2 Å². The minimum absolute atomic E-state index is 0. The number of methoxy groups -OCH3 is 2. The summed E-state index contributed by atoms with van der Waals surface area (Å²) in [7, 11) is 5.32. The molecule has 9 heteroatoms. The fourth-order valence-electron chi connectivity index (χ4n) is 4.13. The predicted octanol–water partition coefficient (Wildman–Crippen LogP) is 2.63. The number of hydrogen-bond donors (Lipinski definition) is 1. The summed E-state index contributed by atoms with van der Waals surface area (Å²) in [6, 6.07) is 9.99. The quantitative estimate of drug-likeness (QED) is 0.643. The summed E-state index contributed by atoms with van der Waals surface area (Å²) in [6.45, 7) is 0. The summed E-state index contributed by atoms with van der Waals surface area (Å²) in [6.07, 6.45) is 5.11. The fourth-order valence-corrected chi connectivity index (χ4v) is 4.13. The topological polar surface area (TPSA) is 93.0 Å². The monoisotopic (exact) mass is 432 g/mol. The zero-order valence-corrected chi connectivity index (χ0v) is 18.4. The normalized spacial score (nSPS) is 21.3. The fraction of sp³-hybridized carbons (Fsp3) is 0.476. The SMILES string of the molecule is COc1ccccc1Cc1nc([C@H]2CC[C@@H](N)[C@H](OC)C2)n(-c2ccnn2C)n1.Cl. The van der Waals surface area contributed by atoms with Crippen LogP contribution in [0, 0.1) is 0 Å². The number of benzene rings is 1. The van der Waals surface area contributed by atoms with E-state index in [0.717, 1.165) is 48.0 Å². The summed E-state index contributed by atoms with van der Waals surface area (Å²) in [5, 5.41) is 9.15. The van der Waals surface area contributed by atoms with Crippen molar-refractivity contribution in [1.82, 2.24) is 24.5 Å². The van der Waals surface area contributed by atoms with Crippen LogP contribution in [0.5, 0.6) is 5.75 Å². The Bertz CT molecular complexity index is 972. The average molecular weight is 433 g/mol. The first-order valence-electron chi connectivity index (χ1n) is 9.95. The lowest BCUT2D eigenvalue weighted by molar-refractivity contribution is 0.0458. The molecule has 3 aromatic rings. The van der Waals surface area contributed by atoms with Crippen LogP contribution in [0.2, 0.25) is 0 Å². The molecule has 1 aliphatic carbocycles. The lowest BCUT2D eigenvalue weighted by atomic mass is 9.83. The van der Waals surface area contributed by atoms with E-state index >= 15 is 0 Å². The molecule has 0 radical (unpaired) electrons. The van der Waals surface area contributed by atoms with E-state index in [2.05, 4.69) is 5.10 Å². The molecule has 2 N–H and O–H groups in total. The van der Waals surface area contributed by atoms with Crippen molar-refractivity contribution in [2.45, 2.75) is 43.7 Å². The largest absolute Gasteiger partial charge is 0.496 e. The smallest absolute Gasteiger partial charge is 0.155 e. The summed E-state index contributed by atoms with van der Waals surface area (Å²) < 4.78 is 14.9. The van der Waals surface area contributed by atoms with Crippen LogP contribution in [0.4, 0.5) is 0 Å². The van der Waals surface area contributed by atoms with Crippen molar-refractivity contribution >= 4 is 12.4 Å². The van der Waals surface area contributed by atoms with Gasteiger partial charge in [-0.1, -0.05) is 18.2 Å². The van der Waals surface area contributed by atoms with Gasteiger partial charge in [-0.25, -0.2) is 4.98 Å². The maximum absolute atomic E-state index is 6.23. The van der Waals surface area contributed by atoms with Gasteiger partial charge in [0.2, 0.25) is 0 Å². The van der Waals surface area contributed by atoms with E-state index in [4.69, 9.17) is 25.3 Å². The van der Waals surface area contributed by atoms with Crippen molar-refractivity contribution in [3.63, 3.8) is 0 Å². The maximum Gasteiger partial charge on any atom is 0.155 e. The second-order valence-corrected chi connectivity index (χ2v) is 7.55. The Hall–Kier alpha value is -2.42. The number of para-hydroxylation sites is 1. The molecule has 1 saturated carbocycles. The Kier molecular flexibility index (Phi) is 7.12. The van der Waals surface area contributed by atoms with Crippen LogP contribution in [0.15, 0.2) is 36.5 Å². The molecule has 1 aromatic carbocycles. The first-order chi connectivity index (χ1) is 14.1. The molecule has 2 aromatic heterocycles. The van der Waals surface area contributed by atoms with Crippen LogP contribution in [0.3, 0.4) is 0 Å². The molecule has 1 fully saturated rings. The number of nitrogens with zero attached hydrogens (tertiary/aromatic N) is 5. The molecule has 0 unspecified atom stereocenters. The molecule has 0 amide bonds. The van der Waals surface area contributed by atoms with Crippen molar-refractivity contribution < 1.29 is 9.47 Å². The van der Waals surface area contributed by atoms with Crippen molar-refractivity contribution in [2.24, 2.45) is 12.8 Å². The highest BCUT2D eigenvalue weighted by Crippen LogP contribution is 2.34. The molecule has 0 spiro atoms. The highest BCUT2D eigenvalue weighted by atomic mass is 35.5. The molecule has 0 bridgehead atoms. The molecular formula is C21H29ClN6O2. The van der Waals surface area contributed by atoms with Crippen LogP contribution in [0.25, 0.3) is 5.82 Å². The number of halogens is 1. The second kappa shape index (κ2) is 9.59. The summed E-state index contributed by atoms with van der Waals surface area (Å²) >= 11 is 0. The van der Waals surface area contributed by atoms with Crippen LogP contribution in [-0.4, -0.2) is 50.9 Å². The third-order valence-corrected chi connectivity index (χ3v) is 5.74. The maximum atomic E-state index is 6.23. The van der Waals surface area contributed by atoms with Gasteiger partial charge in [-0.15, -0.1) is 17.5 Å². The molecule has 30 heavy (non-hydrogen) atoms. The van der Waals surface area contributed by atoms with Gasteiger partial charge in [0.05, 0.1) is 19.4 Å². The number of ether oxygens (including phenoxy) is 2. The number of aryl methyl sites for hydroxylation is 1. The number of rotatable bonds is 6. The molecular weight excluding hydrogens is 404 g/mol. The number of hydrogen-bond acceptors (Lipinski definition) is 6. The molecule has 4 rings (SSSR count). The predicted molar refractivity (Wildman–Crippen MR) is 117 cm³/mol. The van der Waals surface area contributed by atoms with E-state index in [0.29, 0.717) is 6.42 Å². The number of nitrogens with two attached hydrogens (primary N) is 1. The zero-order chi connectivity index (χ0) is 20.4. The van der Waals surface area contributed by atoms with Crippen LogP contribution in [0.1, 0.15) is 42.4 Å². The van der Waals surface area contributed by atoms with Gasteiger partial charge in [0.1, 0.15) is 11.6 Å². The number of aromatic nitrogens is 5. The Morgan fingerprint density at radius 3 is 2.67 bits per heavy atom. The van der Waals surface area contributed by atoms with Crippen molar-refractivity contribution in [3.8, 4) is 11.6 Å². The van der Waals surface area contributed by atoms with Gasteiger partial charge < -0.3 is 15.2 Å². The highest BCUT2D eigenvalue weighted by Gasteiger charge is 2.33.